The number of hydrogen-bond donors (Lipinski definition) is 1. The molecule has 7 nitrogen and oxygen atoms in total. The first-order valence-corrected chi connectivity index (χ1v) is 10.7. The minimum Gasteiger partial charge on any atom is -0.489 e. The summed E-state index contributed by atoms with van der Waals surface area (Å²) in [5.74, 6) is 3.17. The Labute approximate surface area is 179 Å². The molecular formula is C23H33N5O2. The predicted molar refractivity (Wildman–Crippen MR) is 117 cm³/mol. The predicted octanol–water partition coefficient (Wildman–Crippen LogP) is 3.12. The number of nitrogens with zero attached hydrogens (tertiary/aromatic N) is 4. The Balaban J connectivity index is 1.72. The molecule has 0 bridgehead atoms. The molecule has 1 atom stereocenters. The zero-order chi connectivity index (χ0) is 21.5. The van der Waals surface area contributed by atoms with Gasteiger partial charge in [0.2, 0.25) is 5.91 Å². The Hall–Kier alpha value is -2.67. The van der Waals surface area contributed by atoms with Crippen LogP contribution in [0.3, 0.4) is 0 Å². The van der Waals surface area contributed by atoms with E-state index in [4.69, 9.17) is 4.74 Å². The van der Waals surface area contributed by atoms with Gasteiger partial charge in [0.25, 0.3) is 0 Å². The van der Waals surface area contributed by atoms with Gasteiger partial charge in [-0.15, -0.1) is 10.2 Å². The van der Waals surface area contributed by atoms with E-state index in [1.165, 1.54) is 5.56 Å². The van der Waals surface area contributed by atoms with Crippen LogP contribution in [-0.4, -0.2) is 45.3 Å². The van der Waals surface area contributed by atoms with Gasteiger partial charge in [-0.3, -0.25) is 9.69 Å². The van der Waals surface area contributed by atoms with E-state index >= 15 is 0 Å². The van der Waals surface area contributed by atoms with Gasteiger partial charge in [-0.2, -0.15) is 0 Å². The third kappa shape index (κ3) is 5.69. The number of amides is 1. The first kappa shape index (κ1) is 22.0. The highest BCUT2D eigenvalue weighted by Gasteiger charge is 2.25. The number of fused-ring (bicyclic) bond motifs is 1. The minimum atomic E-state index is -0.108. The lowest BCUT2D eigenvalue weighted by Crippen LogP contribution is -2.31. The summed E-state index contributed by atoms with van der Waals surface area (Å²) in [6.45, 7) is 13.5. The Kier molecular flexibility index (Phi) is 7.63. The van der Waals surface area contributed by atoms with Crippen molar-refractivity contribution in [2.45, 2.75) is 52.7 Å². The number of nitrogens with one attached hydrogen (secondary N) is 1. The zero-order valence-corrected chi connectivity index (χ0v) is 18.3. The quantitative estimate of drug-likeness (QED) is 0.642. The van der Waals surface area contributed by atoms with Gasteiger partial charge in [0.05, 0.1) is 6.04 Å². The Morgan fingerprint density at radius 1 is 1.27 bits per heavy atom. The third-order valence-electron chi connectivity index (χ3n) is 5.27. The van der Waals surface area contributed by atoms with Crippen LogP contribution in [0.15, 0.2) is 36.9 Å². The van der Waals surface area contributed by atoms with Crippen molar-refractivity contribution in [2.75, 3.05) is 19.7 Å². The summed E-state index contributed by atoms with van der Waals surface area (Å²) in [5.41, 5.74) is 1.17. The number of hydrogen-bond acceptors (Lipinski definition) is 5. The first-order valence-electron chi connectivity index (χ1n) is 10.7. The number of carbonyl (C=O) groups is 1. The van der Waals surface area contributed by atoms with Gasteiger partial charge in [-0.05, 0) is 18.4 Å². The summed E-state index contributed by atoms with van der Waals surface area (Å²) in [7, 11) is 0. The van der Waals surface area contributed by atoms with Crippen molar-refractivity contribution in [3.63, 3.8) is 0 Å². The Bertz CT molecular complexity index is 861. The molecular weight excluding hydrogens is 378 g/mol. The molecule has 1 aromatic heterocycles. The molecule has 1 amide bonds. The fourth-order valence-electron chi connectivity index (χ4n) is 3.92. The lowest BCUT2D eigenvalue weighted by atomic mass is 10.0. The largest absolute Gasteiger partial charge is 0.489 e. The summed E-state index contributed by atoms with van der Waals surface area (Å²) < 4.78 is 8.02. The molecule has 0 saturated heterocycles. The number of para-hydroxylation sites is 1. The van der Waals surface area contributed by atoms with Crippen LogP contribution in [0.5, 0.6) is 5.75 Å². The van der Waals surface area contributed by atoms with Crippen molar-refractivity contribution < 1.29 is 9.53 Å². The topological polar surface area (TPSA) is 72.3 Å². The monoisotopic (exact) mass is 411 g/mol. The molecule has 0 unspecified atom stereocenters. The van der Waals surface area contributed by atoms with Gasteiger partial charge >= 0.3 is 0 Å². The molecule has 0 radical (unpaired) electrons. The maximum absolute atomic E-state index is 11.7. The number of ether oxygens (including phenoxy) is 1. The Morgan fingerprint density at radius 2 is 2.07 bits per heavy atom. The van der Waals surface area contributed by atoms with E-state index in [9.17, 15) is 4.79 Å². The normalized spacial score (nSPS) is 15.3. The highest BCUT2D eigenvalue weighted by atomic mass is 16.5. The van der Waals surface area contributed by atoms with Gasteiger partial charge < -0.3 is 14.6 Å². The molecule has 0 fully saturated rings. The van der Waals surface area contributed by atoms with E-state index in [1.54, 1.807) is 13.0 Å². The minimum absolute atomic E-state index is 0.0376. The highest BCUT2D eigenvalue weighted by molar-refractivity contribution is 5.73. The molecule has 1 aliphatic rings. The van der Waals surface area contributed by atoms with E-state index in [-0.39, 0.29) is 11.9 Å². The molecule has 30 heavy (non-hydrogen) atoms. The molecule has 1 aliphatic heterocycles. The summed E-state index contributed by atoms with van der Waals surface area (Å²) in [4.78, 5) is 14.2. The summed E-state index contributed by atoms with van der Waals surface area (Å²) in [6.07, 6.45) is 3.44. The molecule has 3 rings (SSSR count). The smallest absolute Gasteiger partial charge is 0.217 e. The maximum Gasteiger partial charge on any atom is 0.217 e. The van der Waals surface area contributed by atoms with Crippen LogP contribution in [0.4, 0.5) is 0 Å². The zero-order valence-electron chi connectivity index (χ0n) is 18.3. The van der Waals surface area contributed by atoms with E-state index in [0.29, 0.717) is 12.5 Å². The molecule has 1 aromatic carbocycles. The average Bonchev–Trinajstić information content (AvgIpc) is 3.00. The molecule has 0 saturated carbocycles. The van der Waals surface area contributed by atoms with Crippen LogP contribution in [0.1, 0.15) is 50.4 Å². The van der Waals surface area contributed by atoms with Crippen molar-refractivity contribution in [1.82, 2.24) is 25.0 Å². The molecule has 162 valence electrons. The number of benzene rings is 1. The average molecular weight is 412 g/mol. The molecule has 0 aliphatic carbocycles. The van der Waals surface area contributed by atoms with Crippen LogP contribution in [0, 0.1) is 5.92 Å². The van der Waals surface area contributed by atoms with Crippen LogP contribution in [0.2, 0.25) is 0 Å². The Morgan fingerprint density at radius 3 is 2.80 bits per heavy atom. The summed E-state index contributed by atoms with van der Waals surface area (Å²) in [5, 5.41) is 12.0. The van der Waals surface area contributed by atoms with Crippen molar-refractivity contribution in [1.29, 1.82) is 0 Å². The van der Waals surface area contributed by atoms with E-state index < -0.39 is 0 Å². The highest BCUT2D eigenvalue weighted by Crippen LogP contribution is 2.24. The second-order valence-electron chi connectivity index (χ2n) is 8.24. The second kappa shape index (κ2) is 10.4. The second-order valence-corrected chi connectivity index (χ2v) is 8.24. The molecule has 2 heterocycles. The van der Waals surface area contributed by atoms with Gasteiger partial charge in [-0.1, -0.05) is 44.7 Å². The third-order valence-corrected chi connectivity index (χ3v) is 5.27. The number of rotatable bonds is 9. The van der Waals surface area contributed by atoms with Crippen molar-refractivity contribution in [3.8, 4) is 5.75 Å². The van der Waals surface area contributed by atoms with Crippen LogP contribution in [-0.2, 0) is 24.3 Å². The lowest BCUT2D eigenvalue weighted by molar-refractivity contribution is -0.119. The summed E-state index contributed by atoms with van der Waals surface area (Å²) >= 11 is 0. The molecule has 7 heteroatoms. The van der Waals surface area contributed by atoms with E-state index in [0.717, 1.165) is 56.4 Å². The van der Waals surface area contributed by atoms with Crippen LogP contribution in [0.25, 0.3) is 0 Å². The van der Waals surface area contributed by atoms with Gasteiger partial charge in [0, 0.05) is 45.1 Å². The lowest BCUT2D eigenvalue weighted by Gasteiger charge is -2.22. The molecule has 0 spiro atoms. The maximum atomic E-state index is 11.7. The van der Waals surface area contributed by atoms with Crippen LogP contribution >= 0.6 is 0 Å². The van der Waals surface area contributed by atoms with Crippen molar-refractivity contribution >= 4 is 5.91 Å². The van der Waals surface area contributed by atoms with Gasteiger partial charge in [-0.25, -0.2) is 0 Å². The number of carbonyl (C=O) groups excluding carboxylic acids is 1. The van der Waals surface area contributed by atoms with E-state index in [2.05, 4.69) is 51.5 Å². The summed E-state index contributed by atoms with van der Waals surface area (Å²) in [6, 6.07) is 8.06. The number of aromatic nitrogens is 3. The molecule has 1 N–H and O–H groups in total. The fourth-order valence-corrected chi connectivity index (χ4v) is 3.92. The SMILES string of the molecule is C=CCOc1ccccc1CN1CCc2nnc([C@H](CC(C)C)NC(C)=O)n2CC1. The van der Waals surface area contributed by atoms with Gasteiger partial charge in [0.1, 0.15) is 18.2 Å². The fraction of sp³-hybridized carbons (Fsp3) is 0.522. The van der Waals surface area contributed by atoms with E-state index in [1.807, 2.05) is 18.2 Å². The molecule has 2 aromatic rings. The van der Waals surface area contributed by atoms with Crippen molar-refractivity contribution in [2.24, 2.45) is 5.92 Å². The van der Waals surface area contributed by atoms with Gasteiger partial charge in [0.15, 0.2) is 5.82 Å². The van der Waals surface area contributed by atoms with Crippen molar-refractivity contribution in [3.05, 3.63) is 54.1 Å². The first-order chi connectivity index (χ1) is 14.5. The van der Waals surface area contributed by atoms with Crippen LogP contribution < -0.4 is 10.1 Å². The standard InChI is InChI=1S/C23H33N5O2/c1-5-14-30-21-9-7-6-8-19(21)16-27-11-10-22-25-26-23(28(22)13-12-27)20(15-17(2)3)24-18(4)29/h5-9,17,20H,1,10-16H2,2-4H3,(H,24,29)/t20-/m0/s1.